The molecule has 3 nitrogen and oxygen atoms in total. The van der Waals surface area contributed by atoms with Crippen LogP contribution < -0.4 is 4.43 Å². The summed E-state index contributed by atoms with van der Waals surface area (Å²) in [4.78, 5) is 12.7. The molecule has 0 aliphatic carbocycles. The van der Waals surface area contributed by atoms with Crippen LogP contribution in [0.2, 0.25) is 39.3 Å². The van der Waals surface area contributed by atoms with Gasteiger partial charge in [0, 0.05) is 11.6 Å². The molecule has 0 saturated heterocycles. The fourth-order valence-corrected chi connectivity index (χ4v) is 3.84. The number of hydrogen-bond donors (Lipinski definition) is 0. The molecule has 0 spiro atoms. The molecule has 0 saturated carbocycles. The topological polar surface area (TPSA) is 35.5 Å². The van der Waals surface area contributed by atoms with Crippen molar-refractivity contribution in [3.8, 4) is 16.9 Å². The normalized spacial score (nSPS) is 12.0. The highest BCUT2D eigenvalue weighted by Crippen LogP contribution is 2.31. The molecule has 0 N–H and O–H groups in total. The molecule has 0 atom stereocenters. The smallest absolute Gasteiger partial charge is 0.328 e. The molecular weight excluding hydrogens is 370 g/mol. The Labute approximate surface area is 155 Å². The van der Waals surface area contributed by atoms with E-state index in [1.165, 1.54) is 12.1 Å². The minimum Gasteiger partial charge on any atom is -0.544 e. The first-order chi connectivity index (χ1) is 11.9. The van der Waals surface area contributed by atoms with Crippen molar-refractivity contribution < 1.29 is 22.4 Å². The van der Waals surface area contributed by atoms with E-state index in [0.717, 1.165) is 6.07 Å². The Morgan fingerprint density at radius 1 is 0.885 bits per heavy atom. The van der Waals surface area contributed by atoms with Crippen LogP contribution in [-0.4, -0.2) is 22.6 Å². The van der Waals surface area contributed by atoms with Crippen molar-refractivity contribution >= 4 is 22.6 Å². The zero-order valence-electron chi connectivity index (χ0n) is 15.9. The van der Waals surface area contributed by atoms with Gasteiger partial charge in [0.2, 0.25) is 16.6 Å². The quantitative estimate of drug-likeness (QED) is 0.598. The van der Waals surface area contributed by atoms with Gasteiger partial charge in [-0.1, -0.05) is 6.07 Å². The molecule has 7 heteroatoms. The summed E-state index contributed by atoms with van der Waals surface area (Å²) in [5.41, 5.74) is 0.942. The lowest BCUT2D eigenvalue weighted by Gasteiger charge is -2.23. The second-order valence-corrected chi connectivity index (χ2v) is 16.9. The Kier molecular flexibility index (Phi) is 5.72. The van der Waals surface area contributed by atoms with E-state index in [1.54, 1.807) is 18.2 Å². The highest BCUT2D eigenvalue weighted by molar-refractivity contribution is 6.71. The number of halogens is 2. The predicted octanol–water partition coefficient (Wildman–Crippen LogP) is 5.84. The van der Waals surface area contributed by atoms with Crippen molar-refractivity contribution in [3.63, 3.8) is 0 Å². The van der Waals surface area contributed by atoms with E-state index < -0.39 is 34.2 Å². The maximum Gasteiger partial charge on any atom is 0.328 e. The van der Waals surface area contributed by atoms with Gasteiger partial charge in [0.25, 0.3) is 0 Å². The van der Waals surface area contributed by atoms with Gasteiger partial charge in [0.15, 0.2) is 0 Å². The molecule has 0 aliphatic heterocycles. The van der Waals surface area contributed by atoms with Gasteiger partial charge in [0.1, 0.15) is 17.4 Å². The maximum atomic E-state index is 14.1. The van der Waals surface area contributed by atoms with Crippen LogP contribution in [0.1, 0.15) is 10.4 Å². The van der Waals surface area contributed by atoms with Crippen LogP contribution in [-0.2, 0) is 4.43 Å². The Balaban J connectivity index is 2.54. The van der Waals surface area contributed by atoms with Crippen molar-refractivity contribution in [2.45, 2.75) is 39.3 Å². The fourth-order valence-electron chi connectivity index (χ4n) is 2.33. The number of benzene rings is 2. The average Bonchev–Trinajstić information content (AvgIpc) is 2.44. The third-order valence-corrected chi connectivity index (χ3v) is 4.89. The van der Waals surface area contributed by atoms with Crippen molar-refractivity contribution in [2.24, 2.45) is 0 Å². The van der Waals surface area contributed by atoms with Crippen LogP contribution in [0, 0.1) is 11.6 Å². The lowest BCUT2D eigenvalue weighted by Crippen LogP contribution is -2.32. The van der Waals surface area contributed by atoms with Crippen LogP contribution in [0.5, 0.6) is 5.75 Å². The summed E-state index contributed by atoms with van der Waals surface area (Å²) in [7, 11) is -4.09. The van der Waals surface area contributed by atoms with E-state index in [1.807, 2.05) is 39.3 Å². The van der Waals surface area contributed by atoms with Crippen molar-refractivity contribution in [1.29, 1.82) is 0 Å². The molecule has 26 heavy (non-hydrogen) atoms. The third kappa shape index (κ3) is 5.50. The van der Waals surface area contributed by atoms with Gasteiger partial charge in [0.05, 0.1) is 5.56 Å². The summed E-state index contributed by atoms with van der Waals surface area (Å²) in [5.74, 6) is -1.39. The second kappa shape index (κ2) is 7.32. The van der Waals surface area contributed by atoms with E-state index in [2.05, 4.69) is 0 Å². The van der Waals surface area contributed by atoms with E-state index in [0.29, 0.717) is 11.3 Å². The van der Waals surface area contributed by atoms with Gasteiger partial charge in [-0.3, -0.25) is 0 Å². The number of carbonyl (C=O) groups excluding carboxylic acids is 1. The summed E-state index contributed by atoms with van der Waals surface area (Å²) >= 11 is 0. The van der Waals surface area contributed by atoms with Crippen molar-refractivity contribution in [1.82, 2.24) is 0 Å². The van der Waals surface area contributed by atoms with Crippen LogP contribution in [0.15, 0.2) is 36.4 Å². The summed E-state index contributed by atoms with van der Waals surface area (Å²) in [5, 5.41) is 0. The van der Waals surface area contributed by atoms with Crippen molar-refractivity contribution in [2.75, 3.05) is 0 Å². The molecule has 2 aromatic carbocycles. The van der Waals surface area contributed by atoms with E-state index in [9.17, 15) is 13.6 Å². The summed E-state index contributed by atoms with van der Waals surface area (Å²) in [6, 6.07) is 8.22. The fraction of sp³-hybridized carbons (Fsp3) is 0.316. The molecule has 2 aromatic rings. The lowest BCUT2D eigenvalue weighted by atomic mass is 10.0. The number of hydrogen-bond acceptors (Lipinski definition) is 3. The van der Waals surface area contributed by atoms with Crippen LogP contribution in [0.4, 0.5) is 8.78 Å². The standard InChI is InChI=1S/C19H24F2O3Si2/c1-25(2,3)23-18-10-7-13(15-9-8-14(20)12-17(15)21)11-16(18)19(22)24-26(4,5)6/h7-12H,1-6H3. The monoisotopic (exact) mass is 394 g/mol. The summed E-state index contributed by atoms with van der Waals surface area (Å²) < 4.78 is 38.9. The Hall–Kier alpha value is -2.00. The van der Waals surface area contributed by atoms with Gasteiger partial charge in [-0.2, -0.15) is 0 Å². The van der Waals surface area contributed by atoms with E-state index in [-0.39, 0.29) is 11.1 Å². The molecule has 0 unspecified atom stereocenters. The highest BCUT2D eigenvalue weighted by atomic mass is 28.4. The first-order valence-electron chi connectivity index (χ1n) is 8.37. The molecule has 0 fully saturated rings. The molecule has 0 aliphatic rings. The number of carbonyl (C=O) groups is 1. The average molecular weight is 395 g/mol. The van der Waals surface area contributed by atoms with E-state index >= 15 is 0 Å². The summed E-state index contributed by atoms with van der Waals surface area (Å²) in [6.45, 7) is 11.8. The van der Waals surface area contributed by atoms with Gasteiger partial charge < -0.3 is 8.85 Å². The van der Waals surface area contributed by atoms with Gasteiger partial charge in [-0.05, 0) is 69.1 Å². The van der Waals surface area contributed by atoms with Gasteiger partial charge in [-0.15, -0.1) is 0 Å². The SMILES string of the molecule is C[Si](C)(C)OC(=O)c1cc(-c2ccc(F)cc2F)ccc1O[Si](C)(C)C. The maximum absolute atomic E-state index is 14.1. The van der Waals surface area contributed by atoms with E-state index in [4.69, 9.17) is 8.85 Å². The first-order valence-corrected chi connectivity index (χ1v) is 15.2. The molecule has 0 heterocycles. The van der Waals surface area contributed by atoms with Crippen LogP contribution >= 0.6 is 0 Å². The molecule has 0 amide bonds. The Morgan fingerprint density at radius 3 is 2.08 bits per heavy atom. The highest BCUT2D eigenvalue weighted by Gasteiger charge is 2.26. The molecular formula is C19H24F2O3Si2. The van der Waals surface area contributed by atoms with Crippen LogP contribution in [0.3, 0.4) is 0 Å². The lowest BCUT2D eigenvalue weighted by molar-refractivity contribution is 0.0722. The third-order valence-electron chi connectivity index (χ3n) is 3.26. The number of rotatable bonds is 5. The van der Waals surface area contributed by atoms with Gasteiger partial charge in [-0.25, -0.2) is 13.6 Å². The van der Waals surface area contributed by atoms with Crippen molar-refractivity contribution in [3.05, 3.63) is 53.6 Å². The molecule has 140 valence electrons. The van der Waals surface area contributed by atoms with Gasteiger partial charge >= 0.3 is 5.97 Å². The molecule has 0 bridgehead atoms. The Morgan fingerprint density at radius 2 is 1.54 bits per heavy atom. The largest absolute Gasteiger partial charge is 0.544 e. The zero-order chi connectivity index (χ0) is 19.7. The minimum atomic E-state index is -2.12. The second-order valence-electron chi connectivity index (χ2n) is 8.05. The predicted molar refractivity (Wildman–Crippen MR) is 105 cm³/mol. The molecule has 2 rings (SSSR count). The zero-order valence-corrected chi connectivity index (χ0v) is 17.9. The molecule has 0 aromatic heterocycles. The minimum absolute atomic E-state index is 0.216. The first kappa shape index (κ1) is 20.3. The summed E-state index contributed by atoms with van der Waals surface area (Å²) in [6.07, 6.45) is 0. The Bertz CT molecular complexity index is 825. The molecule has 0 radical (unpaired) electrons. The van der Waals surface area contributed by atoms with Crippen LogP contribution in [0.25, 0.3) is 11.1 Å².